The molecule has 0 amide bonds. The largest absolute Gasteiger partial charge is 0.240 e. The van der Waals surface area contributed by atoms with Crippen molar-refractivity contribution >= 4 is 11.6 Å². The summed E-state index contributed by atoms with van der Waals surface area (Å²) in [6, 6.07) is 3.91. The van der Waals surface area contributed by atoms with Gasteiger partial charge in [-0.25, -0.2) is 4.98 Å². The SMILES string of the molecule is CCc1cc(C)c(C#N)c(Cl)n1. The minimum atomic E-state index is 0.314. The Morgan fingerprint density at radius 3 is 2.75 bits per heavy atom. The highest BCUT2D eigenvalue weighted by Gasteiger charge is 2.05. The summed E-state index contributed by atoms with van der Waals surface area (Å²) >= 11 is 5.78. The Balaban J connectivity index is 3.30. The molecule has 1 aromatic rings. The van der Waals surface area contributed by atoms with Gasteiger partial charge in [0.25, 0.3) is 0 Å². The molecule has 1 aromatic heterocycles. The fourth-order valence-electron chi connectivity index (χ4n) is 1.01. The third kappa shape index (κ3) is 1.57. The third-order valence-electron chi connectivity index (χ3n) is 1.70. The first-order chi connectivity index (χ1) is 5.69. The molecule has 0 bridgehead atoms. The monoisotopic (exact) mass is 180 g/mol. The molecule has 0 spiro atoms. The normalized spacial score (nSPS) is 9.50. The lowest BCUT2D eigenvalue weighted by Gasteiger charge is -2.02. The highest BCUT2D eigenvalue weighted by atomic mass is 35.5. The second-order valence-corrected chi connectivity index (χ2v) is 2.92. The second-order valence-electron chi connectivity index (χ2n) is 2.56. The van der Waals surface area contributed by atoms with E-state index in [4.69, 9.17) is 16.9 Å². The number of aryl methyl sites for hydroxylation is 2. The molecule has 0 aliphatic carbocycles. The predicted octanol–water partition coefficient (Wildman–Crippen LogP) is 2.48. The molecule has 0 aliphatic rings. The van der Waals surface area contributed by atoms with Crippen LogP contribution in [0.25, 0.3) is 0 Å². The number of hydrogen-bond donors (Lipinski definition) is 0. The average molecular weight is 181 g/mol. The lowest BCUT2D eigenvalue weighted by Crippen LogP contribution is -1.93. The zero-order valence-electron chi connectivity index (χ0n) is 7.06. The molecule has 0 N–H and O–H groups in total. The van der Waals surface area contributed by atoms with Crippen molar-refractivity contribution in [1.29, 1.82) is 5.26 Å². The molecule has 62 valence electrons. The minimum Gasteiger partial charge on any atom is -0.240 e. The van der Waals surface area contributed by atoms with E-state index < -0.39 is 0 Å². The van der Waals surface area contributed by atoms with Crippen LogP contribution >= 0.6 is 11.6 Å². The predicted molar refractivity (Wildman–Crippen MR) is 48.1 cm³/mol. The standard InChI is InChI=1S/C9H9ClN2/c1-3-7-4-6(2)8(5-11)9(10)12-7/h4H,3H2,1-2H3. The van der Waals surface area contributed by atoms with Crippen molar-refractivity contribution in [2.75, 3.05) is 0 Å². The summed E-state index contributed by atoms with van der Waals surface area (Å²) in [7, 11) is 0. The van der Waals surface area contributed by atoms with Crippen LogP contribution in [0.2, 0.25) is 5.15 Å². The van der Waals surface area contributed by atoms with Crippen LogP contribution in [-0.2, 0) is 6.42 Å². The molecule has 1 heterocycles. The van der Waals surface area contributed by atoms with Gasteiger partial charge in [-0.2, -0.15) is 5.26 Å². The molecule has 0 aromatic carbocycles. The van der Waals surface area contributed by atoms with Gasteiger partial charge in [-0.15, -0.1) is 0 Å². The van der Waals surface area contributed by atoms with Crippen LogP contribution in [-0.4, -0.2) is 4.98 Å². The maximum atomic E-state index is 8.69. The number of aromatic nitrogens is 1. The van der Waals surface area contributed by atoms with Crippen LogP contribution in [0.15, 0.2) is 6.07 Å². The van der Waals surface area contributed by atoms with Gasteiger partial charge >= 0.3 is 0 Å². The number of rotatable bonds is 1. The highest BCUT2D eigenvalue weighted by molar-refractivity contribution is 6.30. The zero-order chi connectivity index (χ0) is 9.14. The summed E-state index contributed by atoms with van der Waals surface area (Å²) < 4.78 is 0. The molecule has 0 saturated carbocycles. The van der Waals surface area contributed by atoms with E-state index in [-0.39, 0.29) is 0 Å². The van der Waals surface area contributed by atoms with E-state index in [0.29, 0.717) is 10.7 Å². The Kier molecular flexibility index (Phi) is 2.67. The lowest BCUT2D eigenvalue weighted by atomic mass is 10.1. The summed E-state index contributed by atoms with van der Waals surface area (Å²) in [6.45, 7) is 3.87. The van der Waals surface area contributed by atoms with Gasteiger partial charge in [-0.3, -0.25) is 0 Å². The van der Waals surface area contributed by atoms with Gasteiger partial charge in [-0.1, -0.05) is 18.5 Å². The maximum Gasteiger partial charge on any atom is 0.147 e. The summed E-state index contributed by atoms with van der Waals surface area (Å²) in [5.41, 5.74) is 2.31. The van der Waals surface area contributed by atoms with E-state index in [9.17, 15) is 0 Å². The molecule has 0 atom stereocenters. The molecular weight excluding hydrogens is 172 g/mol. The number of halogens is 1. The van der Waals surface area contributed by atoms with Crippen molar-refractivity contribution < 1.29 is 0 Å². The first kappa shape index (κ1) is 9.02. The summed E-state index contributed by atoms with van der Waals surface area (Å²) in [5, 5.41) is 9.00. The fraction of sp³-hybridized carbons (Fsp3) is 0.333. The molecule has 0 aliphatic heterocycles. The lowest BCUT2D eigenvalue weighted by molar-refractivity contribution is 1.02. The molecule has 2 nitrogen and oxygen atoms in total. The van der Waals surface area contributed by atoms with Crippen molar-refractivity contribution in [1.82, 2.24) is 4.98 Å². The van der Waals surface area contributed by atoms with Gasteiger partial charge in [0, 0.05) is 5.69 Å². The minimum absolute atomic E-state index is 0.314. The van der Waals surface area contributed by atoms with E-state index in [2.05, 4.69) is 4.98 Å². The van der Waals surface area contributed by atoms with Crippen LogP contribution in [0.1, 0.15) is 23.7 Å². The topological polar surface area (TPSA) is 36.7 Å². The number of pyridine rings is 1. The van der Waals surface area contributed by atoms with Gasteiger partial charge in [0.05, 0.1) is 5.56 Å². The van der Waals surface area contributed by atoms with Crippen LogP contribution in [0, 0.1) is 18.3 Å². The third-order valence-corrected chi connectivity index (χ3v) is 1.97. The van der Waals surface area contributed by atoms with Crippen LogP contribution in [0.5, 0.6) is 0 Å². The van der Waals surface area contributed by atoms with Crippen LogP contribution in [0.4, 0.5) is 0 Å². The van der Waals surface area contributed by atoms with Crippen molar-refractivity contribution in [2.45, 2.75) is 20.3 Å². The van der Waals surface area contributed by atoms with E-state index in [1.807, 2.05) is 26.0 Å². The van der Waals surface area contributed by atoms with Gasteiger partial charge in [0.2, 0.25) is 0 Å². The quantitative estimate of drug-likeness (QED) is 0.623. The molecule has 0 unspecified atom stereocenters. The summed E-state index contributed by atoms with van der Waals surface area (Å²) in [4.78, 5) is 4.07. The number of nitrogens with zero attached hydrogens (tertiary/aromatic N) is 2. The molecule has 0 radical (unpaired) electrons. The molecular formula is C9H9ClN2. The van der Waals surface area contributed by atoms with E-state index >= 15 is 0 Å². The first-order valence-electron chi connectivity index (χ1n) is 3.75. The van der Waals surface area contributed by atoms with E-state index in [1.54, 1.807) is 0 Å². The van der Waals surface area contributed by atoms with Crippen molar-refractivity contribution in [2.24, 2.45) is 0 Å². The van der Waals surface area contributed by atoms with Crippen molar-refractivity contribution in [3.8, 4) is 6.07 Å². The summed E-state index contributed by atoms with van der Waals surface area (Å²) in [5.74, 6) is 0. The molecule has 3 heteroatoms. The van der Waals surface area contributed by atoms with Gasteiger partial charge in [-0.05, 0) is 25.0 Å². The Bertz CT molecular complexity index is 316. The molecule has 0 fully saturated rings. The maximum absolute atomic E-state index is 8.69. The second kappa shape index (κ2) is 3.55. The smallest absolute Gasteiger partial charge is 0.147 e. The zero-order valence-corrected chi connectivity index (χ0v) is 7.81. The molecule has 1 rings (SSSR count). The van der Waals surface area contributed by atoms with E-state index in [0.717, 1.165) is 17.7 Å². The van der Waals surface area contributed by atoms with Gasteiger partial charge in [0.15, 0.2) is 0 Å². The summed E-state index contributed by atoms with van der Waals surface area (Å²) in [6.07, 6.45) is 0.840. The first-order valence-corrected chi connectivity index (χ1v) is 4.13. The molecule has 0 saturated heterocycles. The van der Waals surface area contributed by atoms with Crippen LogP contribution in [0.3, 0.4) is 0 Å². The number of hydrogen-bond acceptors (Lipinski definition) is 2. The van der Waals surface area contributed by atoms with Crippen molar-refractivity contribution in [3.63, 3.8) is 0 Å². The van der Waals surface area contributed by atoms with E-state index in [1.165, 1.54) is 0 Å². The Labute approximate surface area is 76.8 Å². The Morgan fingerprint density at radius 2 is 2.33 bits per heavy atom. The highest BCUT2D eigenvalue weighted by Crippen LogP contribution is 2.17. The number of nitriles is 1. The Morgan fingerprint density at radius 1 is 1.67 bits per heavy atom. The van der Waals surface area contributed by atoms with Crippen LogP contribution < -0.4 is 0 Å². The van der Waals surface area contributed by atoms with Gasteiger partial charge in [0.1, 0.15) is 11.2 Å². The Hall–Kier alpha value is -1.07. The van der Waals surface area contributed by atoms with Gasteiger partial charge < -0.3 is 0 Å². The van der Waals surface area contributed by atoms with Crippen molar-refractivity contribution in [3.05, 3.63) is 28.0 Å². The fourth-order valence-corrected chi connectivity index (χ4v) is 1.31. The average Bonchev–Trinajstić information content (AvgIpc) is 2.03. The molecule has 12 heavy (non-hydrogen) atoms.